The maximum atomic E-state index is 13.2. The Labute approximate surface area is 208 Å². The number of carbonyl (C=O) groups excluding carboxylic acids is 3. The minimum Gasteiger partial charge on any atom is -0.337 e. The van der Waals surface area contributed by atoms with Crippen LogP contribution in [-0.4, -0.2) is 42.2 Å². The van der Waals surface area contributed by atoms with Crippen LogP contribution in [0.4, 0.5) is 11.6 Å². The number of rotatable bonds is 8. The van der Waals surface area contributed by atoms with Gasteiger partial charge in [0.1, 0.15) is 6.04 Å². The maximum Gasteiger partial charge on any atom is 0.264 e. The third-order valence-corrected chi connectivity index (χ3v) is 7.30. The van der Waals surface area contributed by atoms with E-state index in [4.69, 9.17) is 4.52 Å². The molecule has 0 fully saturated rings. The highest BCUT2D eigenvalue weighted by atomic mass is 32.2. The van der Waals surface area contributed by atoms with Crippen molar-refractivity contribution in [2.24, 2.45) is 5.92 Å². The van der Waals surface area contributed by atoms with Crippen LogP contribution in [0.15, 0.2) is 57.9 Å². The van der Waals surface area contributed by atoms with Gasteiger partial charge in [-0.05, 0) is 62.6 Å². The molecule has 11 heteroatoms. The van der Waals surface area contributed by atoms with E-state index in [-0.39, 0.29) is 34.2 Å². The van der Waals surface area contributed by atoms with Gasteiger partial charge in [0.2, 0.25) is 11.8 Å². The number of fused-ring (bicyclic) bond motifs is 1. The molecular formula is C25H26N4O6S. The van der Waals surface area contributed by atoms with E-state index in [0.29, 0.717) is 16.9 Å². The lowest BCUT2D eigenvalue weighted by molar-refractivity contribution is -0.120. The number of nitrogens with zero attached hydrogens (tertiary/aromatic N) is 2. The van der Waals surface area contributed by atoms with Gasteiger partial charge in [0.05, 0.1) is 21.7 Å². The highest BCUT2D eigenvalue weighted by Gasteiger charge is 2.42. The first-order chi connectivity index (χ1) is 17.0. The summed E-state index contributed by atoms with van der Waals surface area (Å²) in [6.07, 6.45) is 0.267. The van der Waals surface area contributed by atoms with Gasteiger partial charge >= 0.3 is 0 Å². The molecule has 3 aromatic rings. The Morgan fingerprint density at radius 2 is 1.58 bits per heavy atom. The Kier molecular flexibility index (Phi) is 6.68. The van der Waals surface area contributed by atoms with Gasteiger partial charge in [-0.15, -0.1) is 0 Å². The average molecular weight is 511 g/mol. The van der Waals surface area contributed by atoms with Crippen molar-refractivity contribution < 1.29 is 27.3 Å². The predicted molar refractivity (Wildman–Crippen MR) is 132 cm³/mol. The summed E-state index contributed by atoms with van der Waals surface area (Å²) in [5.74, 6) is -1.52. The van der Waals surface area contributed by atoms with Crippen LogP contribution >= 0.6 is 0 Å². The van der Waals surface area contributed by atoms with Gasteiger partial charge in [-0.1, -0.05) is 31.1 Å². The quantitative estimate of drug-likeness (QED) is 0.440. The Hall–Kier alpha value is -3.99. The normalized spacial score (nSPS) is 14.2. The Bertz CT molecular complexity index is 1410. The van der Waals surface area contributed by atoms with Crippen LogP contribution in [0.5, 0.6) is 0 Å². The first-order valence-electron chi connectivity index (χ1n) is 11.3. The number of hydrogen-bond donors (Lipinski definition) is 2. The van der Waals surface area contributed by atoms with Crippen LogP contribution in [0.3, 0.4) is 0 Å². The van der Waals surface area contributed by atoms with Crippen LogP contribution in [0.2, 0.25) is 0 Å². The fourth-order valence-electron chi connectivity index (χ4n) is 3.90. The molecule has 2 aromatic carbocycles. The van der Waals surface area contributed by atoms with Crippen molar-refractivity contribution in [2.45, 2.75) is 45.1 Å². The summed E-state index contributed by atoms with van der Waals surface area (Å²) in [6.45, 7) is 7.17. The molecule has 0 saturated carbocycles. The molecule has 0 radical (unpaired) electrons. The van der Waals surface area contributed by atoms with Gasteiger partial charge < -0.3 is 9.84 Å². The summed E-state index contributed by atoms with van der Waals surface area (Å²) in [7, 11) is -3.95. The topological polar surface area (TPSA) is 139 Å². The van der Waals surface area contributed by atoms with E-state index in [0.717, 1.165) is 4.90 Å². The van der Waals surface area contributed by atoms with Gasteiger partial charge in [0, 0.05) is 11.3 Å². The molecular weight excluding hydrogens is 484 g/mol. The van der Waals surface area contributed by atoms with Gasteiger partial charge in [0.25, 0.3) is 21.8 Å². The number of anilines is 2. The van der Waals surface area contributed by atoms with E-state index in [2.05, 4.69) is 15.2 Å². The zero-order valence-corrected chi connectivity index (χ0v) is 21.0. The summed E-state index contributed by atoms with van der Waals surface area (Å²) in [4.78, 5) is 40.1. The third kappa shape index (κ3) is 4.74. The molecule has 1 atom stereocenters. The largest absolute Gasteiger partial charge is 0.337 e. The highest BCUT2D eigenvalue weighted by Crippen LogP contribution is 2.28. The molecule has 1 aliphatic heterocycles. The molecule has 0 spiro atoms. The number of hydrogen-bond acceptors (Lipinski definition) is 7. The number of carbonyl (C=O) groups is 3. The molecule has 1 aromatic heterocycles. The standard InChI is InChI=1S/C25H26N4O6S/c1-14(2)13-21(29-24(31)19-7-5-6-8-20(19)25(29)32)22(30)26-17-9-11-18(12-10-17)36(33,34)28-23-15(3)16(4)27-35-23/h5-12,14,21,28H,13H2,1-4H3,(H,26,30)/t21-/m0/s1. The van der Waals surface area contributed by atoms with E-state index in [1.165, 1.54) is 24.3 Å². The Morgan fingerprint density at radius 1 is 1.00 bits per heavy atom. The van der Waals surface area contributed by atoms with Gasteiger partial charge in [-0.25, -0.2) is 13.1 Å². The predicted octanol–water partition coefficient (Wildman–Crippen LogP) is 3.74. The summed E-state index contributed by atoms with van der Waals surface area (Å²) >= 11 is 0. The number of aromatic nitrogens is 1. The molecule has 2 heterocycles. The first-order valence-corrected chi connectivity index (χ1v) is 12.8. The number of imide groups is 1. The van der Waals surface area contributed by atoms with Crippen molar-refractivity contribution in [3.8, 4) is 0 Å². The van der Waals surface area contributed by atoms with Crippen LogP contribution in [-0.2, 0) is 14.8 Å². The van der Waals surface area contributed by atoms with Crippen LogP contribution in [0, 0.1) is 19.8 Å². The van der Waals surface area contributed by atoms with Crippen LogP contribution in [0.1, 0.15) is 52.2 Å². The van der Waals surface area contributed by atoms with Gasteiger partial charge in [-0.3, -0.25) is 19.3 Å². The Balaban J connectivity index is 1.52. The number of aryl methyl sites for hydroxylation is 1. The molecule has 4 rings (SSSR count). The number of sulfonamides is 1. The average Bonchev–Trinajstić information content (AvgIpc) is 3.28. The monoisotopic (exact) mass is 510 g/mol. The number of nitrogens with one attached hydrogen (secondary N) is 2. The molecule has 10 nitrogen and oxygen atoms in total. The van der Waals surface area contributed by atoms with Crippen molar-refractivity contribution >= 4 is 39.3 Å². The van der Waals surface area contributed by atoms with Gasteiger partial charge in [-0.2, -0.15) is 0 Å². The Morgan fingerprint density at radius 3 is 2.08 bits per heavy atom. The zero-order chi connectivity index (χ0) is 26.2. The van der Waals surface area contributed by atoms with Crippen molar-refractivity contribution in [3.05, 3.63) is 70.9 Å². The van der Waals surface area contributed by atoms with E-state index < -0.39 is 33.8 Å². The van der Waals surface area contributed by atoms with Crippen LogP contribution < -0.4 is 10.0 Å². The van der Waals surface area contributed by atoms with Crippen LogP contribution in [0.25, 0.3) is 0 Å². The summed E-state index contributed by atoms with van der Waals surface area (Å²) in [5, 5.41) is 6.44. The van der Waals surface area contributed by atoms with Crippen molar-refractivity contribution in [2.75, 3.05) is 10.0 Å². The summed E-state index contributed by atoms with van der Waals surface area (Å²) in [5.41, 5.74) is 1.99. The number of benzene rings is 2. The smallest absolute Gasteiger partial charge is 0.264 e. The summed E-state index contributed by atoms with van der Waals surface area (Å²) < 4.78 is 32.8. The third-order valence-electron chi connectivity index (χ3n) is 5.95. The molecule has 0 aliphatic carbocycles. The van der Waals surface area contributed by atoms with Crippen molar-refractivity contribution in [3.63, 3.8) is 0 Å². The van der Waals surface area contributed by atoms with Crippen molar-refractivity contribution in [1.82, 2.24) is 10.1 Å². The summed E-state index contributed by atoms with van der Waals surface area (Å²) in [6, 6.07) is 11.0. The van der Waals surface area contributed by atoms with E-state index in [1.54, 1.807) is 38.1 Å². The molecule has 188 valence electrons. The lowest BCUT2D eigenvalue weighted by Crippen LogP contribution is -2.47. The zero-order valence-electron chi connectivity index (χ0n) is 20.2. The second-order valence-electron chi connectivity index (χ2n) is 9.01. The molecule has 0 unspecified atom stereocenters. The first kappa shape index (κ1) is 25.1. The van der Waals surface area contributed by atoms with E-state index in [9.17, 15) is 22.8 Å². The van der Waals surface area contributed by atoms with Crippen molar-refractivity contribution in [1.29, 1.82) is 0 Å². The SMILES string of the molecule is Cc1noc(NS(=O)(=O)c2ccc(NC(=O)[C@H](CC(C)C)N3C(=O)c4ccccc4C3=O)cc2)c1C. The van der Waals surface area contributed by atoms with E-state index in [1.807, 2.05) is 13.8 Å². The second kappa shape index (κ2) is 9.57. The lowest BCUT2D eigenvalue weighted by atomic mass is 10.0. The minimum absolute atomic E-state index is 0.0202. The highest BCUT2D eigenvalue weighted by molar-refractivity contribution is 7.92. The fraction of sp³-hybridized carbons (Fsp3) is 0.280. The van der Waals surface area contributed by atoms with E-state index >= 15 is 0 Å². The van der Waals surface area contributed by atoms with Gasteiger partial charge in [0.15, 0.2) is 0 Å². The minimum atomic E-state index is -3.95. The second-order valence-corrected chi connectivity index (χ2v) is 10.7. The molecule has 2 N–H and O–H groups in total. The molecule has 1 aliphatic rings. The lowest BCUT2D eigenvalue weighted by Gasteiger charge is -2.26. The molecule has 3 amide bonds. The molecule has 36 heavy (non-hydrogen) atoms. The molecule has 0 bridgehead atoms. The fourth-order valence-corrected chi connectivity index (χ4v) is 4.95. The maximum absolute atomic E-state index is 13.2. The molecule has 0 saturated heterocycles. The number of amides is 3.